The molecule has 0 aliphatic carbocycles. The summed E-state index contributed by atoms with van der Waals surface area (Å²) in [6.07, 6.45) is 2.41. The fourth-order valence-corrected chi connectivity index (χ4v) is 1.48. The lowest BCUT2D eigenvalue weighted by atomic mass is 10.2. The van der Waals surface area contributed by atoms with Crippen LogP contribution in [0, 0.1) is 5.82 Å². The van der Waals surface area contributed by atoms with Gasteiger partial charge in [0.2, 0.25) is 0 Å². The molecule has 1 N–H and O–H groups in total. The molecule has 0 amide bonds. The maximum absolute atomic E-state index is 13.4. The quantitative estimate of drug-likeness (QED) is 0.898. The highest BCUT2D eigenvalue weighted by atomic mass is 79.9. The van der Waals surface area contributed by atoms with Crippen molar-refractivity contribution < 1.29 is 9.13 Å². The predicted molar refractivity (Wildman–Crippen MR) is 61.5 cm³/mol. The van der Waals surface area contributed by atoms with Gasteiger partial charge in [-0.15, -0.1) is 0 Å². The molecule has 0 saturated carbocycles. The van der Waals surface area contributed by atoms with Gasteiger partial charge in [0.25, 0.3) is 0 Å². The lowest BCUT2D eigenvalue weighted by Crippen LogP contribution is -2.25. The number of aromatic nitrogens is 1. The average Bonchev–Trinajstić information content (AvgIpc) is 2.21. The molecule has 1 atom stereocenters. The van der Waals surface area contributed by atoms with E-state index in [4.69, 9.17) is 4.74 Å². The standard InChI is InChI=1S/C10H14BrFN2O/c1-3-8(6-15-2)14-10-9(12)4-7(11)5-13-10/h4-5,8H,3,6H2,1-2H3,(H,13,14). The highest BCUT2D eigenvalue weighted by molar-refractivity contribution is 9.10. The second-order valence-electron chi connectivity index (χ2n) is 3.19. The Labute approximate surface area is 97.2 Å². The first-order valence-corrected chi connectivity index (χ1v) is 5.53. The molecule has 0 saturated heterocycles. The largest absolute Gasteiger partial charge is 0.383 e. The van der Waals surface area contributed by atoms with E-state index in [0.29, 0.717) is 11.1 Å². The first kappa shape index (κ1) is 12.4. The van der Waals surface area contributed by atoms with Gasteiger partial charge in [-0.05, 0) is 28.4 Å². The van der Waals surface area contributed by atoms with E-state index >= 15 is 0 Å². The van der Waals surface area contributed by atoms with E-state index in [9.17, 15) is 4.39 Å². The number of nitrogens with one attached hydrogen (secondary N) is 1. The Bertz CT molecular complexity index is 322. The molecule has 1 heterocycles. The molecule has 84 valence electrons. The van der Waals surface area contributed by atoms with Gasteiger partial charge in [-0.2, -0.15) is 0 Å². The topological polar surface area (TPSA) is 34.1 Å². The van der Waals surface area contributed by atoms with Crippen molar-refractivity contribution in [2.75, 3.05) is 19.0 Å². The zero-order chi connectivity index (χ0) is 11.3. The minimum Gasteiger partial charge on any atom is -0.383 e. The van der Waals surface area contributed by atoms with Crippen LogP contribution in [0.2, 0.25) is 0 Å². The van der Waals surface area contributed by atoms with Gasteiger partial charge >= 0.3 is 0 Å². The first-order chi connectivity index (χ1) is 7.17. The molecular weight excluding hydrogens is 263 g/mol. The third-order valence-corrected chi connectivity index (χ3v) is 2.44. The van der Waals surface area contributed by atoms with Crippen molar-refractivity contribution in [1.82, 2.24) is 4.98 Å². The lowest BCUT2D eigenvalue weighted by Gasteiger charge is -2.16. The van der Waals surface area contributed by atoms with Gasteiger partial charge in [-0.1, -0.05) is 6.92 Å². The predicted octanol–water partition coefficient (Wildman–Crippen LogP) is 2.82. The summed E-state index contributed by atoms with van der Waals surface area (Å²) in [6, 6.07) is 1.47. The van der Waals surface area contributed by atoms with E-state index < -0.39 is 0 Å². The molecule has 5 heteroatoms. The van der Waals surface area contributed by atoms with Gasteiger partial charge in [-0.3, -0.25) is 0 Å². The minimum absolute atomic E-state index is 0.0816. The normalized spacial score (nSPS) is 12.5. The lowest BCUT2D eigenvalue weighted by molar-refractivity contribution is 0.184. The maximum Gasteiger partial charge on any atom is 0.166 e. The van der Waals surface area contributed by atoms with Crippen LogP contribution in [0.3, 0.4) is 0 Å². The molecule has 1 rings (SSSR count). The smallest absolute Gasteiger partial charge is 0.166 e. The molecule has 0 radical (unpaired) electrons. The van der Waals surface area contributed by atoms with Crippen LogP contribution in [0.4, 0.5) is 10.2 Å². The van der Waals surface area contributed by atoms with Gasteiger partial charge in [-0.25, -0.2) is 9.37 Å². The van der Waals surface area contributed by atoms with E-state index in [1.807, 2.05) is 6.92 Å². The fraction of sp³-hybridized carbons (Fsp3) is 0.500. The Morgan fingerprint density at radius 2 is 2.40 bits per heavy atom. The van der Waals surface area contributed by atoms with Crippen molar-refractivity contribution >= 4 is 21.7 Å². The van der Waals surface area contributed by atoms with Crippen LogP contribution in [0.15, 0.2) is 16.7 Å². The number of rotatable bonds is 5. The van der Waals surface area contributed by atoms with Crippen LogP contribution in [0.25, 0.3) is 0 Å². The van der Waals surface area contributed by atoms with Gasteiger partial charge in [0.05, 0.1) is 12.6 Å². The number of pyridine rings is 1. The summed E-state index contributed by atoms with van der Waals surface area (Å²) < 4.78 is 19.0. The zero-order valence-electron chi connectivity index (χ0n) is 8.76. The molecular formula is C10H14BrFN2O. The molecule has 0 spiro atoms. The number of methoxy groups -OCH3 is 1. The Morgan fingerprint density at radius 1 is 1.67 bits per heavy atom. The number of nitrogens with zero attached hydrogens (tertiary/aromatic N) is 1. The minimum atomic E-state index is -0.362. The van der Waals surface area contributed by atoms with Crippen molar-refractivity contribution in [3.05, 3.63) is 22.6 Å². The molecule has 0 aliphatic heterocycles. The molecule has 0 bridgehead atoms. The average molecular weight is 277 g/mol. The van der Waals surface area contributed by atoms with Crippen molar-refractivity contribution in [1.29, 1.82) is 0 Å². The molecule has 0 aromatic carbocycles. The first-order valence-electron chi connectivity index (χ1n) is 4.73. The van der Waals surface area contributed by atoms with Crippen LogP contribution < -0.4 is 5.32 Å². The van der Waals surface area contributed by atoms with Crippen LogP contribution in [-0.2, 0) is 4.74 Å². The number of hydrogen-bond acceptors (Lipinski definition) is 3. The van der Waals surface area contributed by atoms with Crippen LogP contribution in [0.1, 0.15) is 13.3 Å². The highest BCUT2D eigenvalue weighted by Gasteiger charge is 2.10. The zero-order valence-corrected chi connectivity index (χ0v) is 10.3. The summed E-state index contributed by atoms with van der Waals surface area (Å²) in [5, 5.41) is 2.99. The maximum atomic E-state index is 13.4. The van der Waals surface area contributed by atoms with Crippen LogP contribution in [0.5, 0.6) is 0 Å². The molecule has 15 heavy (non-hydrogen) atoms. The fourth-order valence-electron chi connectivity index (χ4n) is 1.18. The molecule has 0 aliphatic rings. The molecule has 0 fully saturated rings. The Hall–Kier alpha value is -0.680. The summed E-state index contributed by atoms with van der Waals surface area (Å²) in [4.78, 5) is 3.96. The number of ether oxygens (including phenoxy) is 1. The molecule has 1 aromatic rings. The van der Waals surface area contributed by atoms with E-state index in [1.165, 1.54) is 6.07 Å². The van der Waals surface area contributed by atoms with Crippen molar-refractivity contribution in [2.45, 2.75) is 19.4 Å². The van der Waals surface area contributed by atoms with Gasteiger partial charge in [0.1, 0.15) is 0 Å². The Balaban J connectivity index is 2.70. The van der Waals surface area contributed by atoms with E-state index in [1.54, 1.807) is 13.3 Å². The second-order valence-corrected chi connectivity index (χ2v) is 4.10. The summed E-state index contributed by atoms with van der Waals surface area (Å²) >= 11 is 3.16. The van der Waals surface area contributed by atoms with E-state index in [2.05, 4.69) is 26.2 Å². The van der Waals surface area contributed by atoms with Gasteiger partial charge < -0.3 is 10.1 Å². The summed E-state index contributed by atoms with van der Waals surface area (Å²) in [7, 11) is 1.62. The van der Waals surface area contributed by atoms with Crippen molar-refractivity contribution in [2.24, 2.45) is 0 Å². The Kier molecular flexibility index (Phi) is 4.98. The molecule has 1 aromatic heterocycles. The second kappa shape index (κ2) is 6.02. The van der Waals surface area contributed by atoms with E-state index in [-0.39, 0.29) is 17.7 Å². The number of halogens is 2. The monoisotopic (exact) mass is 276 g/mol. The number of hydrogen-bond donors (Lipinski definition) is 1. The van der Waals surface area contributed by atoms with Crippen LogP contribution >= 0.6 is 15.9 Å². The highest BCUT2D eigenvalue weighted by Crippen LogP contribution is 2.17. The third-order valence-electron chi connectivity index (χ3n) is 2.01. The van der Waals surface area contributed by atoms with Crippen LogP contribution in [-0.4, -0.2) is 24.7 Å². The molecule has 3 nitrogen and oxygen atoms in total. The third kappa shape index (κ3) is 3.76. The van der Waals surface area contributed by atoms with E-state index in [0.717, 1.165) is 6.42 Å². The summed E-state index contributed by atoms with van der Waals surface area (Å²) in [6.45, 7) is 2.54. The number of anilines is 1. The summed E-state index contributed by atoms with van der Waals surface area (Å²) in [5.74, 6) is -0.0963. The Morgan fingerprint density at radius 3 is 2.93 bits per heavy atom. The van der Waals surface area contributed by atoms with Crippen molar-refractivity contribution in [3.8, 4) is 0 Å². The van der Waals surface area contributed by atoms with Gasteiger partial charge in [0, 0.05) is 17.8 Å². The summed E-state index contributed by atoms with van der Waals surface area (Å²) in [5.41, 5.74) is 0. The molecule has 1 unspecified atom stereocenters. The van der Waals surface area contributed by atoms with Crippen molar-refractivity contribution in [3.63, 3.8) is 0 Å². The van der Waals surface area contributed by atoms with Gasteiger partial charge in [0.15, 0.2) is 11.6 Å². The SMILES string of the molecule is CCC(COC)Nc1ncc(Br)cc1F.